The standard InChI is InChI=1S/C24H23N5OS/c1-16-8-11-19(12-9-16)29-23(20-6-4-5-13-25-20)27-28-24(29)31-15-22(30)26-21-14-17(2)7-10-18(21)3/h4-14H,15H2,1-3H3,(H,26,30). The van der Waals surface area contributed by atoms with E-state index in [-0.39, 0.29) is 11.7 Å². The predicted octanol–water partition coefficient (Wildman–Crippen LogP) is 4.99. The third-order valence-electron chi connectivity index (χ3n) is 4.82. The Balaban J connectivity index is 1.59. The molecule has 156 valence electrons. The molecule has 0 saturated carbocycles. The van der Waals surface area contributed by atoms with Crippen LogP contribution in [0.1, 0.15) is 16.7 Å². The molecule has 0 aliphatic heterocycles. The van der Waals surface area contributed by atoms with Crippen LogP contribution in [0.3, 0.4) is 0 Å². The number of pyridine rings is 1. The molecule has 31 heavy (non-hydrogen) atoms. The van der Waals surface area contributed by atoms with Gasteiger partial charge in [0.25, 0.3) is 0 Å². The summed E-state index contributed by atoms with van der Waals surface area (Å²) in [6, 6.07) is 19.8. The number of amides is 1. The molecular formula is C24H23N5OS. The summed E-state index contributed by atoms with van der Waals surface area (Å²) in [6.45, 7) is 6.03. The highest BCUT2D eigenvalue weighted by atomic mass is 32.2. The fraction of sp³-hybridized carbons (Fsp3) is 0.167. The zero-order valence-electron chi connectivity index (χ0n) is 17.7. The molecule has 0 spiro atoms. The van der Waals surface area contributed by atoms with Gasteiger partial charge >= 0.3 is 0 Å². The minimum atomic E-state index is -0.0865. The second-order valence-electron chi connectivity index (χ2n) is 7.35. The van der Waals surface area contributed by atoms with E-state index in [1.807, 2.05) is 86.0 Å². The maximum absolute atomic E-state index is 12.6. The van der Waals surface area contributed by atoms with Crippen LogP contribution in [0.4, 0.5) is 5.69 Å². The lowest BCUT2D eigenvalue weighted by Crippen LogP contribution is -2.15. The quantitative estimate of drug-likeness (QED) is 0.437. The van der Waals surface area contributed by atoms with Gasteiger partial charge in [-0.1, -0.05) is 47.7 Å². The molecule has 0 fully saturated rings. The summed E-state index contributed by atoms with van der Waals surface area (Å²) >= 11 is 1.35. The number of nitrogens with one attached hydrogen (secondary N) is 1. The molecule has 4 aromatic rings. The zero-order chi connectivity index (χ0) is 21.8. The van der Waals surface area contributed by atoms with Crippen LogP contribution < -0.4 is 5.32 Å². The second kappa shape index (κ2) is 9.14. The van der Waals surface area contributed by atoms with Gasteiger partial charge in [-0.25, -0.2) is 0 Å². The fourth-order valence-corrected chi connectivity index (χ4v) is 3.89. The molecule has 0 saturated heterocycles. The highest BCUT2D eigenvalue weighted by molar-refractivity contribution is 7.99. The van der Waals surface area contributed by atoms with E-state index in [4.69, 9.17) is 0 Å². The third kappa shape index (κ3) is 4.83. The van der Waals surface area contributed by atoms with Gasteiger partial charge in [-0.15, -0.1) is 10.2 Å². The van der Waals surface area contributed by atoms with Crippen LogP contribution in [0.15, 0.2) is 72.0 Å². The van der Waals surface area contributed by atoms with E-state index in [9.17, 15) is 4.79 Å². The van der Waals surface area contributed by atoms with Crippen molar-refractivity contribution in [3.05, 3.63) is 83.6 Å². The molecule has 1 amide bonds. The smallest absolute Gasteiger partial charge is 0.234 e. The topological polar surface area (TPSA) is 72.7 Å². The molecule has 2 aromatic heterocycles. The Morgan fingerprint density at radius 1 is 0.968 bits per heavy atom. The Kier molecular flexibility index (Phi) is 6.13. The lowest BCUT2D eigenvalue weighted by Gasteiger charge is -2.11. The van der Waals surface area contributed by atoms with E-state index in [2.05, 4.69) is 20.5 Å². The van der Waals surface area contributed by atoms with Gasteiger partial charge < -0.3 is 5.32 Å². The van der Waals surface area contributed by atoms with Crippen molar-refractivity contribution in [3.63, 3.8) is 0 Å². The number of nitrogens with zero attached hydrogens (tertiary/aromatic N) is 4. The Hall–Kier alpha value is -3.45. The molecule has 0 aliphatic carbocycles. The maximum Gasteiger partial charge on any atom is 0.234 e. The van der Waals surface area contributed by atoms with Gasteiger partial charge in [0.2, 0.25) is 5.91 Å². The molecule has 6 nitrogen and oxygen atoms in total. The molecule has 0 aliphatic rings. The van der Waals surface area contributed by atoms with Gasteiger partial charge in [0.1, 0.15) is 5.69 Å². The molecule has 0 atom stereocenters. The van der Waals surface area contributed by atoms with Gasteiger partial charge in [0.15, 0.2) is 11.0 Å². The van der Waals surface area contributed by atoms with Crippen molar-refractivity contribution >= 4 is 23.4 Å². The lowest BCUT2D eigenvalue weighted by atomic mass is 10.1. The van der Waals surface area contributed by atoms with E-state index >= 15 is 0 Å². The van der Waals surface area contributed by atoms with Crippen LogP contribution in [0.2, 0.25) is 0 Å². The zero-order valence-corrected chi connectivity index (χ0v) is 18.5. The van der Waals surface area contributed by atoms with Gasteiger partial charge in [0, 0.05) is 17.6 Å². The van der Waals surface area contributed by atoms with Crippen molar-refractivity contribution in [1.29, 1.82) is 0 Å². The van der Waals surface area contributed by atoms with E-state index in [0.717, 1.165) is 28.2 Å². The van der Waals surface area contributed by atoms with E-state index in [1.54, 1.807) is 6.20 Å². The number of hydrogen-bond acceptors (Lipinski definition) is 5. The Bertz CT molecular complexity index is 1200. The minimum Gasteiger partial charge on any atom is -0.325 e. The maximum atomic E-state index is 12.6. The molecule has 0 unspecified atom stereocenters. The number of aromatic nitrogens is 4. The molecule has 1 N–H and O–H groups in total. The predicted molar refractivity (Wildman–Crippen MR) is 125 cm³/mol. The summed E-state index contributed by atoms with van der Waals surface area (Å²) in [6.07, 6.45) is 1.73. The van der Waals surface area contributed by atoms with Gasteiger partial charge in [-0.2, -0.15) is 0 Å². The van der Waals surface area contributed by atoms with E-state index < -0.39 is 0 Å². The van der Waals surface area contributed by atoms with Gasteiger partial charge in [-0.3, -0.25) is 14.3 Å². The molecule has 0 radical (unpaired) electrons. The largest absolute Gasteiger partial charge is 0.325 e. The monoisotopic (exact) mass is 429 g/mol. The average Bonchev–Trinajstić information content (AvgIpc) is 3.20. The van der Waals surface area contributed by atoms with Crippen molar-refractivity contribution in [3.8, 4) is 17.2 Å². The normalized spacial score (nSPS) is 10.8. The number of anilines is 1. The summed E-state index contributed by atoms with van der Waals surface area (Å²) in [4.78, 5) is 17.0. The molecular weight excluding hydrogens is 406 g/mol. The van der Waals surface area contributed by atoms with Crippen LogP contribution in [-0.2, 0) is 4.79 Å². The summed E-state index contributed by atoms with van der Waals surface area (Å²) in [5.41, 5.74) is 5.78. The molecule has 7 heteroatoms. The first kappa shape index (κ1) is 20.8. The molecule has 0 bridgehead atoms. The summed E-state index contributed by atoms with van der Waals surface area (Å²) in [7, 11) is 0. The van der Waals surface area contributed by atoms with Crippen molar-refractivity contribution < 1.29 is 4.79 Å². The Labute approximate surface area is 185 Å². The van der Waals surface area contributed by atoms with Crippen molar-refractivity contribution in [2.45, 2.75) is 25.9 Å². The summed E-state index contributed by atoms with van der Waals surface area (Å²) in [5.74, 6) is 0.776. The number of benzene rings is 2. The van der Waals surface area contributed by atoms with E-state index in [1.165, 1.54) is 17.3 Å². The highest BCUT2D eigenvalue weighted by Gasteiger charge is 2.18. The van der Waals surface area contributed by atoms with Crippen LogP contribution in [0.5, 0.6) is 0 Å². The number of aryl methyl sites for hydroxylation is 3. The number of carbonyl (C=O) groups is 1. The van der Waals surface area contributed by atoms with Crippen molar-refractivity contribution in [1.82, 2.24) is 19.7 Å². The minimum absolute atomic E-state index is 0.0865. The molecule has 2 heterocycles. The SMILES string of the molecule is Cc1ccc(-n2c(SCC(=O)Nc3cc(C)ccc3C)nnc2-c2ccccn2)cc1. The van der Waals surface area contributed by atoms with Crippen LogP contribution in [0.25, 0.3) is 17.2 Å². The lowest BCUT2D eigenvalue weighted by molar-refractivity contribution is -0.113. The van der Waals surface area contributed by atoms with Gasteiger partial charge in [-0.05, 0) is 62.2 Å². The van der Waals surface area contributed by atoms with Crippen molar-refractivity contribution in [2.75, 3.05) is 11.1 Å². The number of carbonyl (C=O) groups excluding carboxylic acids is 1. The Morgan fingerprint density at radius 3 is 2.48 bits per heavy atom. The first-order valence-corrected chi connectivity index (χ1v) is 10.9. The van der Waals surface area contributed by atoms with Crippen LogP contribution >= 0.6 is 11.8 Å². The molecule has 4 rings (SSSR count). The Morgan fingerprint density at radius 2 is 1.74 bits per heavy atom. The van der Waals surface area contributed by atoms with E-state index in [0.29, 0.717) is 11.0 Å². The fourth-order valence-electron chi connectivity index (χ4n) is 3.14. The van der Waals surface area contributed by atoms with Crippen LogP contribution in [0, 0.1) is 20.8 Å². The van der Waals surface area contributed by atoms with Crippen molar-refractivity contribution in [2.24, 2.45) is 0 Å². The highest BCUT2D eigenvalue weighted by Crippen LogP contribution is 2.27. The molecule has 2 aromatic carbocycles. The summed E-state index contributed by atoms with van der Waals surface area (Å²) < 4.78 is 1.94. The number of hydrogen-bond donors (Lipinski definition) is 1. The first-order chi connectivity index (χ1) is 15.0. The first-order valence-electron chi connectivity index (χ1n) is 9.95. The average molecular weight is 430 g/mol. The number of thioether (sulfide) groups is 1. The number of rotatable bonds is 6. The second-order valence-corrected chi connectivity index (χ2v) is 8.29. The van der Waals surface area contributed by atoms with Crippen LogP contribution in [-0.4, -0.2) is 31.4 Å². The third-order valence-corrected chi connectivity index (χ3v) is 5.75. The summed E-state index contributed by atoms with van der Waals surface area (Å²) in [5, 5.41) is 12.4. The van der Waals surface area contributed by atoms with Gasteiger partial charge in [0.05, 0.1) is 5.75 Å².